The van der Waals surface area contributed by atoms with Crippen molar-refractivity contribution < 1.29 is 18.9 Å². The molecule has 0 radical (unpaired) electrons. The van der Waals surface area contributed by atoms with Gasteiger partial charge in [-0.2, -0.15) is 0 Å². The second kappa shape index (κ2) is 25.6. The predicted molar refractivity (Wildman–Crippen MR) is 151 cm³/mol. The SMILES string of the molecule is CCCCCC[P+](CCCCCC)(CCCCCC)CCCCCC.CCCOP(=O)(O)O. The molecule has 0 bridgehead atoms. The molecule has 0 saturated heterocycles. The highest BCUT2D eigenvalue weighted by Gasteiger charge is 2.34. The summed E-state index contributed by atoms with van der Waals surface area (Å²) in [6.45, 7) is 11.3. The summed E-state index contributed by atoms with van der Waals surface area (Å²) < 4.78 is 13.9. The minimum absolute atomic E-state index is 0.115. The molecule has 4 nitrogen and oxygen atoms in total. The first-order valence-corrected chi connectivity index (χ1v) is 18.4. The van der Waals surface area contributed by atoms with E-state index in [4.69, 9.17) is 9.79 Å². The standard InChI is InChI=1S/C24H52P.C3H9O4P/c1-5-9-13-17-21-25(22-18-14-10-6-2,23-19-15-11-7-3)24-20-16-12-8-4;1-2-3-7-8(4,5)6/h5-24H2,1-4H3;2-3H2,1H3,(H2,4,5,6)/q+1;. The molecule has 0 aliphatic carbocycles. The molecule has 0 amide bonds. The lowest BCUT2D eigenvalue weighted by atomic mass is 10.2. The van der Waals surface area contributed by atoms with E-state index in [2.05, 4.69) is 32.2 Å². The normalized spacial score (nSPS) is 12.0. The lowest BCUT2D eigenvalue weighted by Gasteiger charge is -2.28. The van der Waals surface area contributed by atoms with Crippen molar-refractivity contribution in [2.45, 2.75) is 144 Å². The Hall–Kier alpha value is 0.540. The van der Waals surface area contributed by atoms with Gasteiger partial charge in [0.05, 0.1) is 31.3 Å². The van der Waals surface area contributed by atoms with Crippen molar-refractivity contribution in [3.05, 3.63) is 0 Å². The van der Waals surface area contributed by atoms with Gasteiger partial charge in [0.25, 0.3) is 0 Å². The van der Waals surface area contributed by atoms with Crippen LogP contribution in [0.1, 0.15) is 144 Å². The predicted octanol–water partition coefficient (Wildman–Crippen LogP) is 9.83. The van der Waals surface area contributed by atoms with Crippen LogP contribution in [0.3, 0.4) is 0 Å². The summed E-state index contributed by atoms with van der Waals surface area (Å²) in [5, 5.41) is 0. The van der Waals surface area contributed by atoms with Crippen LogP contribution in [0.5, 0.6) is 0 Å². The maximum atomic E-state index is 9.86. The fourth-order valence-corrected chi connectivity index (χ4v) is 9.72. The van der Waals surface area contributed by atoms with Crippen LogP contribution in [0.25, 0.3) is 0 Å². The fraction of sp³-hybridized carbons (Fsp3) is 1.00. The molecule has 0 heterocycles. The highest BCUT2D eigenvalue weighted by Crippen LogP contribution is 2.61. The van der Waals surface area contributed by atoms with E-state index in [0.717, 1.165) is 0 Å². The van der Waals surface area contributed by atoms with E-state index in [1.165, 1.54) is 103 Å². The number of phosphoric ester groups is 1. The fourth-order valence-electron chi connectivity index (χ4n) is 4.38. The number of phosphoric acid groups is 1. The topological polar surface area (TPSA) is 66.8 Å². The maximum absolute atomic E-state index is 9.86. The van der Waals surface area contributed by atoms with Gasteiger partial charge in [-0.25, -0.2) is 4.57 Å². The highest BCUT2D eigenvalue weighted by atomic mass is 31.2. The molecular formula is C27H61O4P2+. The molecule has 0 fully saturated rings. The first-order valence-electron chi connectivity index (χ1n) is 14.4. The molecule has 0 saturated carbocycles. The van der Waals surface area contributed by atoms with E-state index < -0.39 is 15.1 Å². The summed E-state index contributed by atoms with van der Waals surface area (Å²) in [4.78, 5) is 16.1. The molecule has 0 aromatic carbocycles. The minimum Gasteiger partial charge on any atom is -0.303 e. The Balaban J connectivity index is 0. The molecule has 0 unspecified atom stereocenters. The van der Waals surface area contributed by atoms with Crippen molar-refractivity contribution in [1.29, 1.82) is 0 Å². The Morgan fingerprint density at radius 1 is 0.515 bits per heavy atom. The third kappa shape index (κ3) is 27.0. The molecule has 0 atom stereocenters. The summed E-state index contributed by atoms with van der Waals surface area (Å²) >= 11 is 0. The summed E-state index contributed by atoms with van der Waals surface area (Å²) in [6, 6.07) is 0. The monoisotopic (exact) mass is 511 g/mol. The van der Waals surface area contributed by atoms with Gasteiger partial charge < -0.3 is 9.79 Å². The second-order valence-electron chi connectivity index (χ2n) is 9.80. The Morgan fingerprint density at radius 3 is 1.00 bits per heavy atom. The average molecular weight is 512 g/mol. The largest absolute Gasteiger partial charge is 0.469 e. The summed E-state index contributed by atoms with van der Waals surface area (Å²) in [7, 11) is -4.84. The van der Waals surface area contributed by atoms with Crippen molar-refractivity contribution >= 4 is 15.1 Å². The number of rotatable bonds is 23. The van der Waals surface area contributed by atoms with Gasteiger partial charge in [0.15, 0.2) is 0 Å². The molecule has 0 aliphatic rings. The van der Waals surface area contributed by atoms with Crippen LogP contribution in [0, 0.1) is 0 Å². The number of unbranched alkanes of at least 4 members (excludes halogenated alkanes) is 12. The molecular weight excluding hydrogens is 450 g/mol. The Morgan fingerprint density at radius 2 is 0.818 bits per heavy atom. The van der Waals surface area contributed by atoms with Gasteiger partial charge in [0.1, 0.15) is 0 Å². The van der Waals surface area contributed by atoms with Gasteiger partial charge in [0, 0.05) is 7.26 Å². The van der Waals surface area contributed by atoms with Crippen molar-refractivity contribution in [2.24, 2.45) is 0 Å². The van der Waals surface area contributed by atoms with Crippen LogP contribution in [0.4, 0.5) is 0 Å². The van der Waals surface area contributed by atoms with Crippen molar-refractivity contribution in [1.82, 2.24) is 0 Å². The van der Waals surface area contributed by atoms with E-state index in [1.54, 1.807) is 31.6 Å². The van der Waals surface area contributed by atoms with Crippen LogP contribution in [-0.2, 0) is 9.09 Å². The van der Waals surface area contributed by atoms with Crippen molar-refractivity contribution in [3.63, 3.8) is 0 Å². The van der Waals surface area contributed by atoms with Crippen LogP contribution >= 0.6 is 15.1 Å². The maximum Gasteiger partial charge on any atom is 0.469 e. The van der Waals surface area contributed by atoms with E-state index in [-0.39, 0.29) is 6.61 Å². The molecule has 33 heavy (non-hydrogen) atoms. The van der Waals surface area contributed by atoms with Crippen LogP contribution in [0.2, 0.25) is 0 Å². The van der Waals surface area contributed by atoms with Gasteiger partial charge in [-0.05, 0) is 57.8 Å². The number of hydrogen-bond donors (Lipinski definition) is 2. The molecule has 0 aromatic rings. The Kier molecular flexibility index (Phi) is 27.7. The van der Waals surface area contributed by atoms with Gasteiger partial charge in [-0.3, -0.25) is 4.52 Å². The Labute approximate surface area is 209 Å². The molecule has 0 spiro atoms. The quantitative estimate of drug-likeness (QED) is 0.106. The van der Waals surface area contributed by atoms with E-state index in [9.17, 15) is 4.57 Å². The van der Waals surface area contributed by atoms with Crippen molar-refractivity contribution in [3.8, 4) is 0 Å². The molecule has 2 N–H and O–H groups in total. The third-order valence-electron chi connectivity index (χ3n) is 6.41. The Bertz CT molecular complexity index is 373. The molecule has 0 rings (SSSR count). The van der Waals surface area contributed by atoms with Gasteiger partial charge in [-0.15, -0.1) is 0 Å². The number of hydrogen-bond acceptors (Lipinski definition) is 2. The summed E-state index contributed by atoms with van der Waals surface area (Å²) in [5.41, 5.74) is 0. The minimum atomic E-state index is -4.18. The van der Waals surface area contributed by atoms with E-state index in [1.807, 2.05) is 0 Å². The molecule has 202 valence electrons. The zero-order valence-electron chi connectivity index (χ0n) is 23.2. The average Bonchev–Trinajstić information content (AvgIpc) is 2.78. The van der Waals surface area contributed by atoms with Crippen LogP contribution in [0.15, 0.2) is 0 Å². The second-order valence-corrected chi connectivity index (χ2v) is 15.5. The zero-order valence-corrected chi connectivity index (χ0v) is 25.0. The smallest absolute Gasteiger partial charge is 0.303 e. The van der Waals surface area contributed by atoms with E-state index in [0.29, 0.717) is 6.42 Å². The third-order valence-corrected chi connectivity index (χ3v) is 12.0. The molecule has 0 aromatic heterocycles. The first kappa shape index (κ1) is 35.7. The van der Waals surface area contributed by atoms with Gasteiger partial charge in [0.2, 0.25) is 0 Å². The highest BCUT2D eigenvalue weighted by molar-refractivity contribution is 7.75. The summed E-state index contributed by atoms with van der Waals surface area (Å²) in [5.74, 6) is 0. The zero-order chi connectivity index (χ0) is 25.3. The molecule has 0 aliphatic heterocycles. The van der Waals surface area contributed by atoms with E-state index >= 15 is 0 Å². The van der Waals surface area contributed by atoms with Gasteiger partial charge >= 0.3 is 7.82 Å². The van der Waals surface area contributed by atoms with Crippen molar-refractivity contribution in [2.75, 3.05) is 31.3 Å². The van der Waals surface area contributed by atoms with Crippen LogP contribution in [-0.4, -0.2) is 41.0 Å². The first-order chi connectivity index (χ1) is 15.8. The lowest BCUT2D eigenvalue weighted by molar-refractivity contribution is 0.197. The summed E-state index contributed by atoms with van der Waals surface area (Å²) in [6.07, 6.45) is 30.7. The lowest BCUT2D eigenvalue weighted by Crippen LogP contribution is -2.13. The van der Waals surface area contributed by atoms with Crippen LogP contribution < -0.4 is 0 Å². The molecule has 6 heteroatoms. The van der Waals surface area contributed by atoms with Gasteiger partial charge in [-0.1, -0.05) is 86.0 Å².